The number of nitrogens with one attached hydrogen (secondary N) is 2. The maximum absolute atomic E-state index is 13.4. The molecule has 0 bridgehead atoms. The Morgan fingerprint density at radius 1 is 0.927 bits per heavy atom. The molecule has 3 amide bonds. The van der Waals surface area contributed by atoms with Crippen molar-refractivity contribution in [2.75, 3.05) is 62.6 Å². The van der Waals surface area contributed by atoms with Crippen LogP contribution in [0.15, 0.2) is 48.5 Å². The van der Waals surface area contributed by atoms with E-state index >= 15 is 0 Å². The van der Waals surface area contributed by atoms with Gasteiger partial charge in [-0.2, -0.15) is 0 Å². The Balaban J connectivity index is 1.34. The number of anilines is 2. The molecule has 2 aromatic carbocycles. The van der Waals surface area contributed by atoms with E-state index in [-0.39, 0.29) is 18.4 Å². The van der Waals surface area contributed by atoms with Crippen LogP contribution in [0.5, 0.6) is 0 Å². The first-order valence-corrected chi connectivity index (χ1v) is 14.7. The molecule has 3 aromatic rings. The summed E-state index contributed by atoms with van der Waals surface area (Å²) in [5, 5.41) is 10.2. The lowest BCUT2D eigenvalue weighted by molar-refractivity contribution is 0.0760. The number of rotatable bonds is 6. The predicted molar refractivity (Wildman–Crippen MR) is 157 cm³/mol. The van der Waals surface area contributed by atoms with E-state index in [9.17, 15) is 14.4 Å². The quantitative estimate of drug-likeness (QED) is 0.458. The van der Waals surface area contributed by atoms with Crippen molar-refractivity contribution in [2.45, 2.75) is 26.4 Å². The smallest absolute Gasteiger partial charge is 0.412 e. The first-order valence-electron chi connectivity index (χ1n) is 13.9. The van der Waals surface area contributed by atoms with Gasteiger partial charge in [-0.1, -0.05) is 34.8 Å². The molecule has 0 saturated carbocycles. The molecule has 41 heavy (non-hydrogen) atoms. The molecule has 11 nitrogen and oxygen atoms in total. The summed E-state index contributed by atoms with van der Waals surface area (Å²) in [7, 11) is 0. The molecule has 0 unspecified atom stereocenters. The van der Waals surface area contributed by atoms with Crippen molar-refractivity contribution >= 4 is 40.8 Å². The molecular weight excluding hydrogens is 542 g/mol. The number of aryl methyl sites for hydroxylation is 1. The SMILES string of the molecule is Cc1nnsc1C(=O)N1CCCN(c2ccc(C(=O)N3CCCNCC3)cc2NC(=O)OCc2ccccc2)CC1. The molecule has 0 radical (unpaired) electrons. The van der Waals surface area contributed by atoms with E-state index < -0.39 is 6.09 Å². The van der Waals surface area contributed by atoms with Crippen LogP contribution in [-0.4, -0.2) is 89.7 Å². The highest BCUT2D eigenvalue weighted by Crippen LogP contribution is 2.30. The molecule has 2 fully saturated rings. The highest BCUT2D eigenvalue weighted by atomic mass is 32.1. The van der Waals surface area contributed by atoms with Crippen LogP contribution in [0.2, 0.25) is 0 Å². The van der Waals surface area contributed by atoms with Gasteiger partial charge in [-0.15, -0.1) is 5.10 Å². The second-order valence-electron chi connectivity index (χ2n) is 10.1. The Morgan fingerprint density at radius 3 is 2.54 bits per heavy atom. The van der Waals surface area contributed by atoms with Gasteiger partial charge in [0.05, 0.1) is 17.1 Å². The molecule has 0 aliphatic carbocycles. The summed E-state index contributed by atoms with van der Waals surface area (Å²) in [6.45, 7) is 7.24. The minimum Gasteiger partial charge on any atom is -0.444 e. The fraction of sp³-hybridized carbons (Fsp3) is 0.414. The number of amides is 3. The van der Waals surface area contributed by atoms with E-state index in [0.717, 1.165) is 48.7 Å². The number of carbonyl (C=O) groups is 3. The zero-order valence-electron chi connectivity index (χ0n) is 23.2. The normalized spacial score (nSPS) is 16.1. The van der Waals surface area contributed by atoms with Crippen LogP contribution < -0.4 is 15.5 Å². The Kier molecular flexibility index (Phi) is 9.42. The lowest BCUT2D eigenvalue weighted by Crippen LogP contribution is -2.35. The second-order valence-corrected chi connectivity index (χ2v) is 10.9. The number of hydrogen-bond donors (Lipinski definition) is 2. The van der Waals surface area contributed by atoms with Gasteiger partial charge in [-0.3, -0.25) is 14.9 Å². The first-order chi connectivity index (χ1) is 20.0. The average molecular weight is 578 g/mol. The van der Waals surface area contributed by atoms with Crippen LogP contribution in [0, 0.1) is 6.92 Å². The van der Waals surface area contributed by atoms with Gasteiger partial charge in [-0.25, -0.2) is 4.79 Å². The molecule has 0 spiro atoms. The minimum absolute atomic E-state index is 0.0601. The van der Waals surface area contributed by atoms with Crippen LogP contribution in [0.3, 0.4) is 0 Å². The number of hydrogen-bond acceptors (Lipinski definition) is 9. The molecule has 0 atom stereocenters. The summed E-state index contributed by atoms with van der Waals surface area (Å²) >= 11 is 1.12. The maximum atomic E-state index is 13.4. The van der Waals surface area contributed by atoms with Gasteiger partial charge in [0.2, 0.25) is 0 Å². The van der Waals surface area contributed by atoms with Crippen LogP contribution in [0.4, 0.5) is 16.2 Å². The van der Waals surface area contributed by atoms with E-state index in [0.29, 0.717) is 61.1 Å². The summed E-state index contributed by atoms with van der Waals surface area (Å²) in [4.78, 5) is 45.8. The topological polar surface area (TPSA) is 120 Å². The van der Waals surface area contributed by atoms with Crippen molar-refractivity contribution < 1.29 is 19.1 Å². The molecule has 2 aliphatic heterocycles. The van der Waals surface area contributed by atoms with Crippen LogP contribution >= 0.6 is 11.5 Å². The van der Waals surface area contributed by atoms with Gasteiger partial charge in [-0.05, 0) is 61.6 Å². The summed E-state index contributed by atoms with van der Waals surface area (Å²) in [5.74, 6) is -0.128. The lowest BCUT2D eigenvalue weighted by Gasteiger charge is -2.27. The number of ether oxygens (including phenoxy) is 1. The van der Waals surface area contributed by atoms with Gasteiger partial charge in [0.25, 0.3) is 11.8 Å². The highest BCUT2D eigenvalue weighted by Gasteiger charge is 2.26. The molecule has 3 heterocycles. The first kappa shape index (κ1) is 28.5. The monoisotopic (exact) mass is 577 g/mol. The summed E-state index contributed by atoms with van der Waals surface area (Å²) in [6.07, 6.45) is 1.04. The van der Waals surface area contributed by atoms with Crippen molar-refractivity contribution in [2.24, 2.45) is 0 Å². The van der Waals surface area contributed by atoms with Crippen molar-refractivity contribution in [3.63, 3.8) is 0 Å². The molecule has 12 heteroatoms. The van der Waals surface area contributed by atoms with Crippen molar-refractivity contribution in [1.82, 2.24) is 24.7 Å². The summed E-state index contributed by atoms with van der Waals surface area (Å²) < 4.78 is 9.40. The summed E-state index contributed by atoms with van der Waals surface area (Å²) in [5.41, 5.74) is 3.31. The Hall–Kier alpha value is -4.03. The molecule has 216 valence electrons. The third-order valence-electron chi connectivity index (χ3n) is 7.29. The second kappa shape index (κ2) is 13.6. The van der Waals surface area contributed by atoms with Crippen molar-refractivity contribution in [1.29, 1.82) is 0 Å². The van der Waals surface area contributed by atoms with Gasteiger partial charge < -0.3 is 24.8 Å². The largest absolute Gasteiger partial charge is 0.444 e. The number of nitrogens with zero attached hydrogens (tertiary/aromatic N) is 5. The summed E-state index contributed by atoms with van der Waals surface area (Å²) in [6, 6.07) is 14.9. The Labute approximate surface area is 243 Å². The van der Waals surface area contributed by atoms with E-state index in [4.69, 9.17) is 4.74 Å². The van der Waals surface area contributed by atoms with Crippen LogP contribution in [-0.2, 0) is 11.3 Å². The Bertz CT molecular complexity index is 1360. The minimum atomic E-state index is -0.599. The molecule has 2 saturated heterocycles. The van der Waals surface area contributed by atoms with E-state index in [1.54, 1.807) is 13.0 Å². The number of benzene rings is 2. The van der Waals surface area contributed by atoms with E-state index in [1.165, 1.54) is 0 Å². The molecule has 1 aromatic heterocycles. The third kappa shape index (κ3) is 7.19. The van der Waals surface area contributed by atoms with Gasteiger partial charge in [0, 0.05) is 51.4 Å². The zero-order valence-corrected chi connectivity index (χ0v) is 24.0. The van der Waals surface area contributed by atoms with Gasteiger partial charge in [0.15, 0.2) is 0 Å². The van der Waals surface area contributed by atoms with Crippen LogP contribution in [0.1, 0.15) is 44.1 Å². The van der Waals surface area contributed by atoms with Gasteiger partial charge in [0.1, 0.15) is 11.5 Å². The number of carbonyl (C=O) groups excluding carboxylic acids is 3. The molecule has 5 rings (SSSR count). The van der Waals surface area contributed by atoms with Crippen molar-refractivity contribution in [3.8, 4) is 0 Å². The number of aromatic nitrogens is 2. The average Bonchev–Trinajstić information content (AvgIpc) is 3.17. The molecular formula is C29H35N7O4S. The standard InChI is InChI=1S/C29H35N7O4S/c1-21-26(41-33-32-21)28(38)36-15-6-14-34(17-18-36)25-10-9-23(27(37)35-13-5-11-30-12-16-35)19-24(25)31-29(39)40-20-22-7-3-2-4-8-22/h2-4,7-10,19,30H,5-6,11-18,20H2,1H3,(H,31,39). The fourth-order valence-electron chi connectivity index (χ4n) is 5.08. The molecule has 2 N–H and O–H groups in total. The predicted octanol–water partition coefficient (Wildman–Crippen LogP) is 3.38. The van der Waals surface area contributed by atoms with E-state index in [2.05, 4.69) is 25.1 Å². The highest BCUT2D eigenvalue weighted by molar-refractivity contribution is 7.07. The van der Waals surface area contributed by atoms with Gasteiger partial charge >= 0.3 is 6.09 Å². The Morgan fingerprint density at radius 2 is 1.73 bits per heavy atom. The zero-order chi connectivity index (χ0) is 28.6. The fourth-order valence-corrected chi connectivity index (χ4v) is 5.70. The maximum Gasteiger partial charge on any atom is 0.412 e. The van der Waals surface area contributed by atoms with Crippen LogP contribution in [0.25, 0.3) is 0 Å². The van der Waals surface area contributed by atoms with Crippen molar-refractivity contribution in [3.05, 3.63) is 70.2 Å². The molecule has 2 aliphatic rings. The third-order valence-corrected chi connectivity index (χ3v) is 8.11. The van der Waals surface area contributed by atoms with E-state index in [1.807, 2.05) is 52.3 Å². The lowest BCUT2D eigenvalue weighted by atomic mass is 10.1.